The Morgan fingerprint density at radius 1 is 0.393 bits per heavy atom. The molecule has 56 heavy (non-hydrogen) atoms. The predicted octanol–water partition coefficient (Wildman–Crippen LogP) is 16.0. The molecule has 0 saturated carbocycles. The Labute approximate surface area is 353 Å². The first-order valence-corrected chi connectivity index (χ1v) is 22.0. The average Bonchev–Trinajstić information content (AvgIpc) is 3.51. The van der Waals surface area contributed by atoms with Gasteiger partial charge in [0, 0.05) is 22.3 Å². The van der Waals surface area contributed by atoms with Gasteiger partial charge in [0.15, 0.2) is 0 Å². The monoisotopic (exact) mass is 795 g/mol. The summed E-state index contributed by atoms with van der Waals surface area (Å²) in [5.74, 6) is 0. The van der Waals surface area contributed by atoms with E-state index >= 15 is 0 Å². The van der Waals surface area contributed by atoms with Crippen molar-refractivity contribution in [1.82, 2.24) is 0 Å². The van der Waals surface area contributed by atoms with Gasteiger partial charge in [-0.05, 0) is 124 Å². The third-order valence-electron chi connectivity index (χ3n) is 10.3. The van der Waals surface area contributed by atoms with E-state index in [4.69, 9.17) is 0 Å². The summed E-state index contributed by atoms with van der Waals surface area (Å²) in [6.07, 6.45) is 22.0. The zero-order valence-electron chi connectivity index (χ0n) is 35.9. The molecule has 4 aromatic rings. The van der Waals surface area contributed by atoms with Crippen LogP contribution in [0, 0.1) is 12.1 Å². The minimum absolute atomic E-state index is 0. The van der Waals surface area contributed by atoms with Crippen LogP contribution in [0.5, 0.6) is 0 Å². The molecular weight excluding hydrogens is 723 g/mol. The van der Waals surface area contributed by atoms with Gasteiger partial charge in [-0.2, -0.15) is 72.8 Å². The fourth-order valence-corrected chi connectivity index (χ4v) is 7.27. The van der Waals surface area contributed by atoms with Gasteiger partial charge < -0.3 is 5.53 Å². The molecule has 0 fully saturated rings. The molecule has 0 atom stereocenters. The van der Waals surface area contributed by atoms with Crippen molar-refractivity contribution in [3.05, 3.63) is 159 Å². The summed E-state index contributed by atoms with van der Waals surface area (Å²) >= 11 is 0. The Morgan fingerprint density at radius 3 is 0.964 bits per heavy atom. The number of unbranched alkanes of at least 4 members (excludes halogenated alkanes) is 7. The van der Waals surface area contributed by atoms with Crippen LogP contribution in [0.4, 0.5) is 0 Å². The van der Waals surface area contributed by atoms with Crippen LogP contribution in [0.2, 0.25) is 0 Å². The van der Waals surface area contributed by atoms with Crippen LogP contribution >= 0.6 is 0 Å². The van der Waals surface area contributed by atoms with Gasteiger partial charge in [-0.1, -0.05) is 98.6 Å². The van der Waals surface area contributed by atoms with Crippen LogP contribution in [-0.2, 0) is 42.2 Å². The number of benzene rings is 4. The SMILES string of the molecule is CCCCCC1=C(c2cc(CCCC)cc(CCCC)c2)[N+](=[N-])C(c2cc(CCCC)cc(CCCC)c2)=C1CCCC.[Ni+2].[c-]1ccccc1.[c-]1ccccc1. The van der Waals surface area contributed by atoms with E-state index in [1.807, 2.05) is 60.7 Å². The van der Waals surface area contributed by atoms with E-state index < -0.39 is 0 Å². The van der Waals surface area contributed by atoms with Crippen molar-refractivity contribution in [1.29, 1.82) is 0 Å². The molecule has 0 N–H and O–H groups in total. The molecule has 1 heterocycles. The fourth-order valence-electron chi connectivity index (χ4n) is 7.27. The van der Waals surface area contributed by atoms with Gasteiger partial charge in [0.25, 0.3) is 0 Å². The summed E-state index contributed by atoms with van der Waals surface area (Å²) in [6, 6.07) is 39.5. The molecule has 3 heteroatoms. The molecule has 0 amide bonds. The minimum atomic E-state index is 0. The topological polar surface area (TPSA) is 25.3 Å². The molecule has 0 radical (unpaired) electrons. The van der Waals surface area contributed by atoms with E-state index in [-0.39, 0.29) is 16.5 Å². The molecule has 4 aromatic carbocycles. The van der Waals surface area contributed by atoms with Gasteiger partial charge in [0.2, 0.25) is 11.4 Å². The Bertz CT molecular complexity index is 1570. The Morgan fingerprint density at radius 2 is 0.696 bits per heavy atom. The van der Waals surface area contributed by atoms with E-state index in [0.29, 0.717) is 0 Å². The molecule has 0 aromatic heterocycles. The zero-order valence-corrected chi connectivity index (χ0v) is 36.9. The maximum absolute atomic E-state index is 12.3. The number of allylic oxidation sites excluding steroid dienone is 2. The average molecular weight is 796 g/mol. The predicted molar refractivity (Wildman–Crippen MR) is 239 cm³/mol. The second-order valence-electron chi connectivity index (χ2n) is 15.2. The molecule has 5 rings (SSSR count). The van der Waals surface area contributed by atoms with E-state index in [1.165, 1.54) is 115 Å². The third kappa shape index (κ3) is 16.9. The fraction of sp³-hybridized carbons (Fsp3) is 0.472. The Balaban J connectivity index is 0.000000703. The molecule has 0 spiro atoms. The maximum atomic E-state index is 12.3. The summed E-state index contributed by atoms with van der Waals surface area (Å²) < 4.78 is 1.64. The van der Waals surface area contributed by atoms with Crippen molar-refractivity contribution < 1.29 is 21.2 Å². The Hall–Kier alpha value is -3.55. The van der Waals surface area contributed by atoms with Gasteiger partial charge in [0.05, 0.1) is 0 Å². The van der Waals surface area contributed by atoms with Crippen molar-refractivity contribution in [2.45, 2.75) is 164 Å². The van der Waals surface area contributed by atoms with E-state index in [9.17, 15) is 5.53 Å². The third-order valence-corrected chi connectivity index (χ3v) is 10.3. The van der Waals surface area contributed by atoms with E-state index in [0.717, 1.165) is 62.8 Å². The number of hydrogen-bond donors (Lipinski definition) is 0. The largest absolute Gasteiger partial charge is 2.00 e. The number of hydrogen-bond acceptors (Lipinski definition) is 0. The van der Waals surface area contributed by atoms with Crippen LogP contribution in [-0.4, -0.2) is 4.70 Å². The summed E-state index contributed by atoms with van der Waals surface area (Å²) in [5.41, 5.74) is 25.3. The van der Waals surface area contributed by atoms with Crippen molar-refractivity contribution >= 4 is 11.4 Å². The van der Waals surface area contributed by atoms with Gasteiger partial charge in [0.1, 0.15) is 0 Å². The van der Waals surface area contributed by atoms with Crippen molar-refractivity contribution in [3.63, 3.8) is 0 Å². The molecule has 2 nitrogen and oxygen atoms in total. The quantitative estimate of drug-likeness (QED) is 0.0347. The Kier molecular flexibility index (Phi) is 25.7. The number of rotatable bonds is 21. The van der Waals surface area contributed by atoms with Gasteiger partial charge in [-0.25, -0.2) is 4.70 Å². The summed E-state index contributed by atoms with van der Waals surface area (Å²) in [5, 5.41) is 0. The van der Waals surface area contributed by atoms with Crippen LogP contribution < -0.4 is 0 Å². The van der Waals surface area contributed by atoms with Gasteiger partial charge in [-0.3, -0.25) is 0 Å². The first-order chi connectivity index (χ1) is 27.0. The summed E-state index contributed by atoms with van der Waals surface area (Å²) in [6.45, 7) is 13.7. The molecule has 0 unspecified atom stereocenters. The minimum Gasteiger partial charge on any atom is -0.493 e. The normalized spacial score (nSPS) is 12.1. The second kappa shape index (κ2) is 29.7. The summed E-state index contributed by atoms with van der Waals surface area (Å²) in [7, 11) is 0. The van der Waals surface area contributed by atoms with Gasteiger partial charge >= 0.3 is 16.5 Å². The van der Waals surface area contributed by atoms with Crippen LogP contribution in [0.1, 0.15) is 171 Å². The van der Waals surface area contributed by atoms with Crippen LogP contribution in [0.3, 0.4) is 0 Å². The smallest absolute Gasteiger partial charge is 0.493 e. The molecule has 1 aliphatic rings. The van der Waals surface area contributed by atoms with Crippen molar-refractivity contribution in [2.75, 3.05) is 0 Å². The molecule has 1 aliphatic heterocycles. The van der Waals surface area contributed by atoms with Crippen LogP contribution in [0.15, 0.2) is 108 Å². The molecule has 304 valence electrons. The molecule has 0 saturated heterocycles. The number of nitrogens with zero attached hydrogens (tertiary/aromatic N) is 2. The van der Waals surface area contributed by atoms with Crippen LogP contribution in [0.25, 0.3) is 16.9 Å². The first-order valence-electron chi connectivity index (χ1n) is 22.0. The molecule has 0 bridgehead atoms. The van der Waals surface area contributed by atoms with Gasteiger partial charge in [-0.15, -0.1) is 0 Å². The van der Waals surface area contributed by atoms with Crippen molar-refractivity contribution in [2.24, 2.45) is 0 Å². The molecular formula is C53H72N2Ni. The molecule has 0 aliphatic carbocycles. The second-order valence-corrected chi connectivity index (χ2v) is 15.2. The van der Waals surface area contributed by atoms with E-state index in [1.54, 1.807) is 4.70 Å². The standard InChI is InChI=1S/C41H62N2.2C6H5.Ni/c1-7-13-19-25-39-38(24-18-12-6)40(36-28-32(20-14-8-2)26-33(29-36)21-15-9-3)43(42)41(39)37-30-34(22-16-10-4)27-35(31-37)23-17-11-5;2*1-2-4-6-5-3-1;/h26-31H,7-25H2,1-6H3;2*1-5H;/q;2*-1;+2. The zero-order chi connectivity index (χ0) is 39.5. The van der Waals surface area contributed by atoms with E-state index in [2.05, 4.69) is 90.1 Å². The first kappa shape index (κ1) is 48.6. The van der Waals surface area contributed by atoms with Crippen molar-refractivity contribution in [3.8, 4) is 0 Å². The number of aryl methyl sites for hydroxylation is 4. The summed E-state index contributed by atoms with van der Waals surface area (Å²) in [4.78, 5) is 0. The maximum Gasteiger partial charge on any atom is 2.00 e.